The number of carbonyl (C=O) groups is 2. The lowest BCUT2D eigenvalue weighted by Gasteiger charge is -2.05. The quantitative estimate of drug-likeness (QED) is 0.345. The first kappa shape index (κ1) is 9.88. The summed E-state index contributed by atoms with van der Waals surface area (Å²) in [7, 11) is 1.37. The van der Waals surface area contributed by atoms with E-state index in [0.29, 0.717) is 6.29 Å². The molecule has 0 spiro atoms. The van der Waals surface area contributed by atoms with Crippen molar-refractivity contribution >= 4 is 12.1 Å². The highest BCUT2D eigenvalue weighted by Gasteiger charge is 2.12. The number of methoxy groups -OCH3 is 1. The lowest BCUT2D eigenvalue weighted by atomic mass is 10.1. The van der Waals surface area contributed by atoms with E-state index in [1.54, 1.807) is 13.8 Å². The van der Waals surface area contributed by atoms with Gasteiger partial charge in [0, 0.05) is 12.0 Å². The maximum absolute atomic E-state index is 11.1. The van der Waals surface area contributed by atoms with Gasteiger partial charge >= 0.3 is 0 Å². The second-order valence-electron chi connectivity index (χ2n) is 2.39. The van der Waals surface area contributed by atoms with Gasteiger partial charge in [0.15, 0.2) is 11.5 Å². The number of allylic oxidation sites excluding steroid dienone is 2. The number of aldehydes is 1. The van der Waals surface area contributed by atoms with Crippen LogP contribution in [0.1, 0.15) is 13.8 Å². The maximum Gasteiger partial charge on any atom is 0.199 e. The Balaban J connectivity index is 4.38. The van der Waals surface area contributed by atoms with E-state index in [-0.39, 0.29) is 17.5 Å². The van der Waals surface area contributed by atoms with Gasteiger partial charge in [0.1, 0.15) is 6.29 Å². The summed E-state index contributed by atoms with van der Waals surface area (Å²) in [5.74, 6) is -0.171. The topological polar surface area (TPSA) is 43.4 Å². The predicted octanol–water partition coefficient (Wildman–Crippen LogP) is 0.941. The van der Waals surface area contributed by atoms with Gasteiger partial charge in [0.05, 0.1) is 7.11 Å². The normalized spacial score (nSPS) is 11.5. The van der Waals surface area contributed by atoms with Crippen molar-refractivity contribution in [1.29, 1.82) is 0 Å². The molecule has 0 aliphatic rings. The largest absolute Gasteiger partial charge is 0.493 e. The van der Waals surface area contributed by atoms with Crippen LogP contribution in [0.5, 0.6) is 0 Å². The Morgan fingerprint density at radius 3 is 2.27 bits per heavy atom. The molecule has 3 nitrogen and oxygen atoms in total. The van der Waals surface area contributed by atoms with E-state index in [2.05, 4.69) is 0 Å². The van der Waals surface area contributed by atoms with Gasteiger partial charge in [-0.05, 0) is 0 Å². The zero-order chi connectivity index (χ0) is 8.85. The predicted molar refractivity (Wildman–Crippen MR) is 41.0 cm³/mol. The number of ether oxygens (including phenoxy) is 1. The van der Waals surface area contributed by atoms with Crippen molar-refractivity contribution in [2.24, 2.45) is 5.92 Å². The zero-order valence-electron chi connectivity index (χ0n) is 6.96. The Kier molecular flexibility index (Phi) is 4.18. The smallest absolute Gasteiger partial charge is 0.199 e. The SMILES string of the molecule is CO/C(=C\C=O)C(=O)C(C)C. The van der Waals surface area contributed by atoms with E-state index in [1.807, 2.05) is 0 Å². The van der Waals surface area contributed by atoms with Crippen molar-refractivity contribution in [3.05, 3.63) is 11.8 Å². The molecule has 0 aromatic carbocycles. The molecule has 0 N–H and O–H groups in total. The Morgan fingerprint density at radius 1 is 1.45 bits per heavy atom. The summed E-state index contributed by atoms with van der Waals surface area (Å²) >= 11 is 0. The molecule has 0 saturated heterocycles. The van der Waals surface area contributed by atoms with Gasteiger partial charge in [-0.15, -0.1) is 0 Å². The summed E-state index contributed by atoms with van der Waals surface area (Å²) in [5.41, 5.74) is 0. The van der Waals surface area contributed by atoms with Gasteiger partial charge in [-0.1, -0.05) is 13.8 Å². The Labute approximate surface area is 66.0 Å². The van der Waals surface area contributed by atoms with E-state index >= 15 is 0 Å². The van der Waals surface area contributed by atoms with E-state index in [0.717, 1.165) is 6.08 Å². The highest BCUT2D eigenvalue weighted by Crippen LogP contribution is 2.05. The molecule has 0 aliphatic heterocycles. The van der Waals surface area contributed by atoms with Crippen LogP contribution in [0.3, 0.4) is 0 Å². The molecule has 0 heterocycles. The second kappa shape index (κ2) is 4.66. The van der Waals surface area contributed by atoms with Gasteiger partial charge in [0.25, 0.3) is 0 Å². The highest BCUT2D eigenvalue weighted by molar-refractivity contribution is 5.97. The molecule has 0 aromatic heterocycles. The van der Waals surface area contributed by atoms with Crippen LogP contribution < -0.4 is 0 Å². The van der Waals surface area contributed by atoms with Crippen molar-refractivity contribution in [3.8, 4) is 0 Å². The first-order chi connectivity index (χ1) is 5.13. The first-order valence-corrected chi connectivity index (χ1v) is 3.37. The molecule has 62 valence electrons. The van der Waals surface area contributed by atoms with E-state index in [9.17, 15) is 9.59 Å². The molecule has 0 fully saturated rings. The fraction of sp³-hybridized carbons (Fsp3) is 0.500. The Morgan fingerprint density at radius 2 is 2.00 bits per heavy atom. The molecule has 0 radical (unpaired) electrons. The van der Waals surface area contributed by atoms with Crippen LogP contribution in [0, 0.1) is 5.92 Å². The molecule has 0 aliphatic carbocycles. The molecular weight excluding hydrogens is 144 g/mol. The van der Waals surface area contributed by atoms with Gasteiger partial charge in [-0.3, -0.25) is 9.59 Å². The van der Waals surface area contributed by atoms with Crippen LogP contribution in [0.25, 0.3) is 0 Å². The van der Waals surface area contributed by atoms with Crippen LogP contribution >= 0.6 is 0 Å². The molecule has 0 unspecified atom stereocenters. The minimum Gasteiger partial charge on any atom is -0.493 e. The summed E-state index contributed by atoms with van der Waals surface area (Å²) in [4.78, 5) is 21.1. The van der Waals surface area contributed by atoms with Crippen molar-refractivity contribution < 1.29 is 14.3 Å². The van der Waals surface area contributed by atoms with Gasteiger partial charge < -0.3 is 4.74 Å². The van der Waals surface area contributed by atoms with E-state index < -0.39 is 0 Å². The third-order valence-corrected chi connectivity index (χ3v) is 1.21. The van der Waals surface area contributed by atoms with Crippen LogP contribution in [-0.4, -0.2) is 19.2 Å². The van der Waals surface area contributed by atoms with Crippen LogP contribution in [0.2, 0.25) is 0 Å². The molecule has 0 amide bonds. The molecule has 0 aromatic rings. The molecule has 0 saturated carbocycles. The van der Waals surface area contributed by atoms with Crippen molar-refractivity contribution in [2.75, 3.05) is 7.11 Å². The average Bonchev–Trinajstić information content (AvgIpc) is 1.98. The molecule has 11 heavy (non-hydrogen) atoms. The number of Topliss-reactive ketones (excluding diaryl/α,β-unsaturated/α-hetero) is 1. The van der Waals surface area contributed by atoms with Gasteiger partial charge in [-0.2, -0.15) is 0 Å². The highest BCUT2D eigenvalue weighted by atomic mass is 16.5. The van der Waals surface area contributed by atoms with Crippen LogP contribution in [0.15, 0.2) is 11.8 Å². The molecule has 3 heteroatoms. The molecule has 0 rings (SSSR count). The first-order valence-electron chi connectivity index (χ1n) is 3.37. The third kappa shape index (κ3) is 2.98. The average molecular weight is 156 g/mol. The summed E-state index contributed by atoms with van der Waals surface area (Å²) in [6.45, 7) is 3.50. The number of hydrogen-bond acceptors (Lipinski definition) is 3. The number of carbonyl (C=O) groups excluding carboxylic acids is 2. The summed E-state index contributed by atoms with van der Waals surface area (Å²) in [6, 6.07) is 0. The van der Waals surface area contributed by atoms with Gasteiger partial charge in [-0.25, -0.2) is 0 Å². The number of ketones is 1. The molecular formula is C8H12O3. The molecule has 0 atom stereocenters. The van der Waals surface area contributed by atoms with Crippen molar-refractivity contribution in [3.63, 3.8) is 0 Å². The molecule has 0 bridgehead atoms. The van der Waals surface area contributed by atoms with Gasteiger partial charge in [0.2, 0.25) is 0 Å². The standard InChI is InChI=1S/C8H12O3/c1-6(2)8(10)7(11-3)4-5-9/h4-6H,1-3H3/b7-4-. The van der Waals surface area contributed by atoms with Crippen molar-refractivity contribution in [2.45, 2.75) is 13.8 Å². The lowest BCUT2D eigenvalue weighted by Crippen LogP contribution is -2.11. The maximum atomic E-state index is 11.1. The monoisotopic (exact) mass is 156 g/mol. The van der Waals surface area contributed by atoms with E-state index in [4.69, 9.17) is 4.74 Å². The fourth-order valence-corrected chi connectivity index (χ4v) is 0.597. The summed E-state index contributed by atoms with van der Waals surface area (Å²) in [5, 5.41) is 0. The minimum absolute atomic E-state index is 0.120. The number of rotatable bonds is 4. The Bertz CT molecular complexity index is 180. The second-order valence-corrected chi connectivity index (χ2v) is 2.39. The van der Waals surface area contributed by atoms with Crippen LogP contribution in [0.4, 0.5) is 0 Å². The number of hydrogen-bond donors (Lipinski definition) is 0. The fourth-order valence-electron chi connectivity index (χ4n) is 0.597. The Hall–Kier alpha value is -1.12. The minimum atomic E-state index is -0.153. The van der Waals surface area contributed by atoms with E-state index in [1.165, 1.54) is 7.11 Å². The summed E-state index contributed by atoms with van der Waals surface area (Å²) < 4.78 is 4.69. The van der Waals surface area contributed by atoms with Crippen molar-refractivity contribution in [1.82, 2.24) is 0 Å². The lowest BCUT2D eigenvalue weighted by molar-refractivity contribution is -0.121. The summed E-state index contributed by atoms with van der Waals surface area (Å²) in [6.07, 6.45) is 1.67. The third-order valence-electron chi connectivity index (χ3n) is 1.21. The van der Waals surface area contributed by atoms with Crippen LogP contribution in [-0.2, 0) is 14.3 Å². The zero-order valence-corrected chi connectivity index (χ0v) is 6.96.